The Kier molecular flexibility index (Phi) is 6.10. The van der Waals surface area contributed by atoms with Crippen LogP contribution in [0.1, 0.15) is 0 Å². The van der Waals surface area contributed by atoms with Gasteiger partial charge in [0.2, 0.25) is 0 Å². The fraction of sp³-hybridized carbons (Fsp3) is 0. The standard InChI is InChI=1S/C21H14N2.C21H13NO/c1-2-8-18-16(6-1)17-7-3-4-9-19(17)21-14-15(10-11-20(18)21)23-13-5-12-22-23;1-2-7-17-15(5-1)16-6-3-4-8-18(16)20-13-14(9-10-19(17)20)21-11-12-23-22-21/h1-14H;1-13H. The molecule has 0 unspecified atom stereocenters. The first-order valence-electron chi connectivity index (χ1n) is 15.4. The Morgan fingerprint density at radius 2 is 0.870 bits per heavy atom. The van der Waals surface area contributed by atoms with Crippen molar-refractivity contribution < 1.29 is 4.52 Å². The molecular formula is C42H27N3O. The molecule has 0 aliphatic rings. The first kappa shape index (κ1) is 26.2. The molecule has 0 amide bonds. The van der Waals surface area contributed by atoms with Crippen LogP contribution in [0.3, 0.4) is 0 Å². The summed E-state index contributed by atoms with van der Waals surface area (Å²) in [6.07, 6.45) is 5.39. The number of fused-ring (bicyclic) bond motifs is 12. The average molecular weight is 590 g/mol. The van der Waals surface area contributed by atoms with Crippen LogP contribution < -0.4 is 0 Å². The molecule has 0 radical (unpaired) electrons. The molecule has 0 bridgehead atoms. The van der Waals surface area contributed by atoms with Gasteiger partial charge in [-0.1, -0.05) is 120 Å². The molecular weight excluding hydrogens is 562 g/mol. The summed E-state index contributed by atoms with van der Waals surface area (Å²) in [5, 5.41) is 23.8. The fourth-order valence-electron chi connectivity index (χ4n) is 6.89. The molecule has 0 aliphatic carbocycles. The molecule has 0 fully saturated rings. The monoisotopic (exact) mass is 589 g/mol. The summed E-state index contributed by atoms with van der Waals surface area (Å²) in [5.74, 6) is 0. The van der Waals surface area contributed by atoms with Gasteiger partial charge in [0.1, 0.15) is 12.0 Å². The maximum Gasteiger partial charge on any atom is 0.124 e. The second kappa shape index (κ2) is 10.7. The van der Waals surface area contributed by atoms with Crippen molar-refractivity contribution in [3.8, 4) is 16.9 Å². The third kappa shape index (κ3) is 4.23. The molecule has 2 heterocycles. The molecule has 10 aromatic rings. The van der Waals surface area contributed by atoms with Gasteiger partial charge in [-0.25, -0.2) is 4.68 Å². The van der Waals surface area contributed by atoms with Gasteiger partial charge in [-0.15, -0.1) is 0 Å². The number of hydrogen-bond donors (Lipinski definition) is 0. The third-order valence-corrected chi connectivity index (χ3v) is 8.97. The van der Waals surface area contributed by atoms with Crippen molar-refractivity contribution >= 4 is 64.6 Å². The maximum absolute atomic E-state index is 4.99. The first-order valence-corrected chi connectivity index (χ1v) is 15.4. The molecule has 2 aromatic heterocycles. The van der Waals surface area contributed by atoms with E-state index in [1.165, 1.54) is 64.6 Å². The van der Waals surface area contributed by atoms with Crippen LogP contribution in [0.25, 0.3) is 81.6 Å². The number of hydrogen-bond acceptors (Lipinski definition) is 3. The van der Waals surface area contributed by atoms with E-state index < -0.39 is 0 Å². The normalized spacial score (nSPS) is 11.5. The van der Waals surface area contributed by atoms with Gasteiger partial charge in [0, 0.05) is 24.0 Å². The lowest BCUT2D eigenvalue weighted by atomic mass is 9.93. The largest absolute Gasteiger partial charge is 0.364 e. The zero-order valence-corrected chi connectivity index (χ0v) is 24.8. The van der Waals surface area contributed by atoms with Crippen LogP contribution in [0.5, 0.6) is 0 Å². The summed E-state index contributed by atoms with van der Waals surface area (Å²) in [5.41, 5.74) is 3.03. The van der Waals surface area contributed by atoms with Crippen LogP contribution >= 0.6 is 0 Å². The molecule has 4 nitrogen and oxygen atoms in total. The summed E-state index contributed by atoms with van der Waals surface area (Å²) in [4.78, 5) is 0. The van der Waals surface area contributed by atoms with Crippen molar-refractivity contribution in [1.29, 1.82) is 0 Å². The molecule has 216 valence electrons. The zero-order valence-electron chi connectivity index (χ0n) is 24.8. The fourth-order valence-corrected chi connectivity index (χ4v) is 6.89. The highest BCUT2D eigenvalue weighted by atomic mass is 16.5. The van der Waals surface area contributed by atoms with E-state index in [1.807, 2.05) is 29.2 Å². The van der Waals surface area contributed by atoms with Gasteiger partial charge < -0.3 is 4.52 Å². The summed E-state index contributed by atoms with van der Waals surface area (Å²) in [6, 6.07) is 51.4. The number of benzene rings is 8. The van der Waals surface area contributed by atoms with Crippen LogP contribution in [0.2, 0.25) is 0 Å². The Morgan fingerprint density at radius 1 is 0.413 bits per heavy atom. The molecule has 4 heteroatoms. The molecule has 10 rings (SSSR count). The Hall–Kier alpha value is -6.26. The maximum atomic E-state index is 4.99. The van der Waals surface area contributed by atoms with E-state index >= 15 is 0 Å². The molecule has 46 heavy (non-hydrogen) atoms. The van der Waals surface area contributed by atoms with Gasteiger partial charge in [-0.05, 0) is 88.9 Å². The van der Waals surface area contributed by atoms with Gasteiger partial charge in [0.05, 0.1) is 5.69 Å². The van der Waals surface area contributed by atoms with Gasteiger partial charge in [0.15, 0.2) is 0 Å². The Balaban J connectivity index is 0.000000127. The average Bonchev–Trinajstić information content (AvgIpc) is 3.88. The van der Waals surface area contributed by atoms with E-state index in [2.05, 4.69) is 144 Å². The molecule has 0 spiro atoms. The Bertz CT molecular complexity index is 2430. The van der Waals surface area contributed by atoms with Crippen molar-refractivity contribution in [1.82, 2.24) is 14.9 Å². The van der Waals surface area contributed by atoms with E-state index in [9.17, 15) is 0 Å². The lowest BCUT2D eigenvalue weighted by Gasteiger charge is -2.11. The minimum absolute atomic E-state index is 0.865. The minimum atomic E-state index is 0.865. The van der Waals surface area contributed by atoms with Gasteiger partial charge >= 0.3 is 0 Å². The summed E-state index contributed by atoms with van der Waals surface area (Å²) < 4.78 is 6.89. The van der Waals surface area contributed by atoms with Crippen molar-refractivity contribution in [2.24, 2.45) is 0 Å². The van der Waals surface area contributed by atoms with E-state index in [4.69, 9.17) is 4.52 Å². The molecule has 0 N–H and O–H groups in total. The predicted molar refractivity (Wildman–Crippen MR) is 191 cm³/mol. The highest BCUT2D eigenvalue weighted by Gasteiger charge is 2.11. The smallest absolute Gasteiger partial charge is 0.124 e. The highest BCUT2D eigenvalue weighted by molar-refractivity contribution is 6.26. The molecule has 0 atom stereocenters. The van der Waals surface area contributed by atoms with Crippen molar-refractivity contribution in [2.45, 2.75) is 0 Å². The molecule has 0 saturated heterocycles. The quantitative estimate of drug-likeness (QED) is 0.188. The van der Waals surface area contributed by atoms with Crippen LogP contribution in [-0.4, -0.2) is 14.9 Å². The van der Waals surface area contributed by atoms with Crippen LogP contribution in [-0.2, 0) is 0 Å². The lowest BCUT2D eigenvalue weighted by molar-refractivity contribution is 0.422. The van der Waals surface area contributed by atoms with E-state index in [1.54, 1.807) is 6.26 Å². The third-order valence-electron chi connectivity index (χ3n) is 8.97. The highest BCUT2D eigenvalue weighted by Crippen LogP contribution is 2.37. The van der Waals surface area contributed by atoms with Crippen molar-refractivity contribution in [3.63, 3.8) is 0 Å². The van der Waals surface area contributed by atoms with Crippen molar-refractivity contribution in [2.75, 3.05) is 0 Å². The van der Waals surface area contributed by atoms with E-state index in [-0.39, 0.29) is 0 Å². The predicted octanol–water partition coefficient (Wildman–Crippen LogP) is 11.1. The van der Waals surface area contributed by atoms with E-state index in [0.717, 1.165) is 16.9 Å². The van der Waals surface area contributed by atoms with Crippen LogP contribution in [0, 0.1) is 0 Å². The van der Waals surface area contributed by atoms with E-state index in [0.29, 0.717) is 0 Å². The Labute approximate surface area is 264 Å². The topological polar surface area (TPSA) is 43.9 Å². The Morgan fingerprint density at radius 3 is 1.33 bits per heavy atom. The second-order valence-electron chi connectivity index (χ2n) is 11.5. The summed E-state index contributed by atoms with van der Waals surface area (Å²) in [7, 11) is 0. The SMILES string of the molecule is c1ccc2c(c1)c1ccccc1c1cc(-c3ccon3)ccc21.c1ccc2c(c1)c1ccccc1c1cc(-n3cccn3)ccc21. The van der Waals surface area contributed by atoms with Crippen molar-refractivity contribution in [3.05, 3.63) is 164 Å². The first-order chi connectivity index (χ1) is 22.8. The van der Waals surface area contributed by atoms with Gasteiger partial charge in [-0.3, -0.25) is 0 Å². The number of aromatic nitrogens is 3. The minimum Gasteiger partial charge on any atom is -0.364 e. The number of nitrogens with zero attached hydrogens (tertiary/aromatic N) is 3. The zero-order chi connectivity index (χ0) is 30.5. The molecule has 0 aliphatic heterocycles. The lowest BCUT2D eigenvalue weighted by Crippen LogP contribution is -1.94. The summed E-state index contributed by atoms with van der Waals surface area (Å²) in [6.45, 7) is 0. The van der Waals surface area contributed by atoms with Crippen LogP contribution in [0.4, 0.5) is 0 Å². The van der Waals surface area contributed by atoms with Gasteiger partial charge in [0.25, 0.3) is 0 Å². The number of rotatable bonds is 2. The van der Waals surface area contributed by atoms with Gasteiger partial charge in [-0.2, -0.15) is 5.10 Å². The molecule has 0 saturated carbocycles. The second-order valence-corrected chi connectivity index (χ2v) is 11.5. The summed E-state index contributed by atoms with van der Waals surface area (Å²) >= 11 is 0. The van der Waals surface area contributed by atoms with Crippen LogP contribution in [0.15, 0.2) is 169 Å². The molecule has 8 aromatic carbocycles.